The average molecular weight is 956 g/mol. The Bertz CT molecular complexity index is 3650. The first-order chi connectivity index (χ1) is 36.6. The fourth-order valence-electron chi connectivity index (χ4n) is 11.7. The summed E-state index contributed by atoms with van der Waals surface area (Å²) >= 11 is 0. The minimum Gasteiger partial charge on any atom is -0.334 e. The summed E-state index contributed by atoms with van der Waals surface area (Å²) in [4.78, 5) is 7.38. The molecule has 9 aromatic rings. The Morgan fingerprint density at radius 1 is 0.405 bits per heavy atom. The van der Waals surface area contributed by atoms with Gasteiger partial charge in [0, 0.05) is 56.5 Å². The number of hydrogen-bond donors (Lipinski definition) is 0. The Hall–Kier alpha value is -8.66. The second kappa shape index (κ2) is 20.8. The van der Waals surface area contributed by atoms with E-state index < -0.39 is 0 Å². The number of hydrogen-bond acceptors (Lipinski definition) is 3. The van der Waals surface area contributed by atoms with Gasteiger partial charge in [-0.15, -0.1) is 0 Å². The van der Waals surface area contributed by atoms with Crippen LogP contribution in [-0.4, -0.2) is 6.04 Å². The molecule has 12 rings (SSSR count). The molecule has 0 aliphatic heterocycles. The van der Waals surface area contributed by atoms with Gasteiger partial charge in [-0.3, -0.25) is 0 Å². The van der Waals surface area contributed by atoms with Crippen molar-refractivity contribution in [2.75, 3.05) is 14.7 Å². The molecule has 0 radical (unpaired) electrons. The zero-order valence-electron chi connectivity index (χ0n) is 42.4. The van der Waals surface area contributed by atoms with Gasteiger partial charge in [0.1, 0.15) is 0 Å². The van der Waals surface area contributed by atoms with Crippen LogP contribution in [0, 0.1) is 13.8 Å². The lowest BCUT2D eigenvalue weighted by atomic mass is 9.82. The monoisotopic (exact) mass is 955 g/mol. The summed E-state index contributed by atoms with van der Waals surface area (Å²) in [7, 11) is 0. The molecule has 0 heterocycles. The van der Waals surface area contributed by atoms with Gasteiger partial charge in [-0.2, -0.15) is 0 Å². The molecule has 0 amide bonds. The van der Waals surface area contributed by atoms with Crippen molar-refractivity contribution in [3.8, 4) is 11.1 Å². The third-order valence-corrected chi connectivity index (χ3v) is 15.1. The first-order valence-electron chi connectivity index (χ1n) is 26.5. The van der Waals surface area contributed by atoms with Gasteiger partial charge in [0.2, 0.25) is 0 Å². The Labute approximate surface area is 437 Å². The highest BCUT2D eigenvalue weighted by Crippen LogP contribution is 2.49. The van der Waals surface area contributed by atoms with Gasteiger partial charge in [0.05, 0.1) is 11.7 Å². The molecule has 0 saturated carbocycles. The van der Waals surface area contributed by atoms with Crippen LogP contribution in [0.1, 0.15) is 60.3 Å². The summed E-state index contributed by atoms with van der Waals surface area (Å²) in [5.41, 5.74) is 18.3. The molecule has 0 saturated heterocycles. The molecule has 3 heteroatoms. The van der Waals surface area contributed by atoms with Gasteiger partial charge in [0.25, 0.3) is 0 Å². The summed E-state index contributed by atoms with van der Waals surface area (Å²) in [5.74, 6) is 0.178. The number of rotatable bonds is 13. The highest BCUT2D eigenvalue weighted by Gasteiger charge is 2.27. The smallest absolute Gasteiger partial charge is 0.0560 e. The van der Waals surface area contributed by atoms with Gasteiger partial charge >= 0.3 is 0 Å². The Morgan fingerprint density at radius 3 is 1.46 bits per heavy atom. The predicted molar refractivity (Wildman–Crippen MR) is 316 cm³/mol. The van der Waals surface area contributed by atoms with Gasteiger partial charge in [-0.05, 0) is 175 Å². The number of fused-ring (bicyclic) bond motifs is 2. The maximum absolute atomic E-state index is 2.58. The Morgan fingerprint density at radius 2 is 0.892 bits per heavy atom. The van der Waals surface area contributed by atoms with Crippen LogP contribution in [-0.2, 0) is 0 Å². The van der Waals surface area contributed by atoms with Crippen LogP contribution in [0.4, 0.5) is 39.8 Å². The van der Waals surface area contributed by atoms with E-state index in [4.69, 9.17) is 0 Å². The van der Waals surface area contributed by atoms with E-state index in [2.05, 4.69) is 289 Å². The quantitative estimate of drug-likeness (QED) is 0.114. The summed E-state index contributed by atoms with van der Waals surface area (Å²) in [5, 5.41) is 4.92. The van der Waals surface area contributed by atoms with E-state index >= 15 is 0 Å². The number of nitrogens with zero attached hydrogens (tertiary/aromatic N) is 3. The predicted octanol–water partition coefficient (Wildman–Crippen LogP) is 19.5. The molecule has 3 aliphatic carbocycles. The number of para-hydroxylation sites is 2. The maximum Gasteiger partial charge on any atom is 0.0560 e. The summed E-state index contributed by atoms with van der Waals surface area (Å²) in [6.45, 7) is 4.62. The SMILES string of the molecule is Cc1cc(N(c2ccccc2)c2ccc(N(C3=CCCC=C3)c3ccccc3)cc2)c2ccccc2c1-c1c(C)cc(N(c2ccc(C(C3=CCCC=C3)c3ccccc3)cc2)C2C=CC=CC2)c2ccccc12. The van der Waals surface area contributed by atoms with Crippen molar-refractivity contribution in [2.24, 2.45) is 0 Å². The highest BCUT2D eigenvalue weighted by molar-refractivity contribution is 6.14. The average Bonchev–Trinajstić information content (AvgIpc) is 3.46. The van der Waals surface area contributed by atoms with Crippen LogP contribution in [0.25, 0.3) is 32.7 Å². The molecular weight excluding hydrogens is 895 g/mol. The van der Waals surface area contributed by atoms with Crippen LogP contribution in [0.15, 0.2) is 272 Å². The number of allylic oxidation sites excluding steroid dienone is 9. The van der Waals surface area contributed by atoms with E-state index in [1.54, 1.807) is 0 Å². The van der Waals surface area contributed by atoms with E-state index in [9.17, 15) is 0 Å². The van der Waals surface area contributed by atoms with E-state index in [-0.39, 0.29) is 12.0 Å². The second-order valence-corrected chi connectivity index (χ2v) is 19.8. The minimum atomic E-state index is 0.149. The topological polar surface area (TPSA) is 9.72 Å². The van der Waals surface area contributed by atoms with Crippen molar-refractivity contribution < 1.29 is 0 Å². The van der Waals surface area contributed by atoms with Gasteiger partial charge < -0.3 is 14.7 Å². The fraction of sp³-hybridized carbons (Fsp3) is 0.127. The van der Waals surface area contributed by atoms with Crippen LogP contribution in [0.5, 0.6) is 0 Å². The van der Waals surface area contributed by atoms with Crippen LogP contribution >= 0.6 is 0 Å². The molecule has 74 heavy (non-hydrogen) atoms. The molecular formula is C71H61N3. The van der Waals surface area contributed by atoms with Crippen LogP contribution < -0.4 is 14.7 Å². The van der Waals surface area contributed by atoms with Crippen LogP contribution in [0.2, 0.25) is 0 Å². The molecule has 2 atom stereocenters. The van der Waals surface area contributed by atoms with E-state index in [0.29, 0.717) is 0 Å². The first kappa shape index (κ1) is 46.4. The maximum atomic E-state index is 2.58. The summed E-state index contributed by atoms with van der Waals surface area (Å²) in [6, 6.07) is 74.2. The standard InChI is InChI=1S/C71H61N3/c1-51-49-67(73(58-33-17-7-18-34-58)61-43-41-55(42-44-61)71(53-25-9-3-10-26-53)54-27-11-4-12-28-54)63-37-21-23-39-65(63)69(51)70-52(2)50-68(64-38-22-24-40-66(64)70)74(59-35-19-8-20-36-59)62-47-45-60(46-48-62)72(56-29-13-5-14-30-56)57-31-15-6-16-32-57/h3,5,7-11,13-15,17-33,35-50,58,71H,4,6,12,16,34H2,1-2H3. The molecule has 0 aromatic heterocycles. The number of aryl methyl sites for hydroxylation is 2. The highest BCUT2D eigenvalue weighted by atomic mass is 15.2. The zero-order chi connectivity index (χ0) is 49.8. The Kier molecular flexibility index (Phi) is 13.1. The number of anilines is 7. The Balaban J connectivity index is 0.970. The lowest BCUT2D eigenvalue weighted by molar-refractivity contribution is 0.786. The van der Waals surface area contributed by atoms with E-state index in [1.807, 2.05) is 0 Å². The van der Waals surface area contributed by atoms with E-state index in [1.165, 1.54) is 77.6 Å². The van der Waals surface area contributed by atoms with Gasteiger partial charge in [0.15, 0.2) is 0 Å². The van der Waals surface area contributed by atoms with Crippen molar-refractivity contribution in [3.63, 3.8) is 0 Å². The minimum absolute atomic E-state index is 0.149. The van der Waals surface area contributed by atoms with Crippen molar-refractivity contribution in [1.82, 2.24) is 0 Å². The molecule has 3 aliphatic rings. The van der Waals surface area contributed by atoms with Gasteiger partial charge in [-0.1, -0.05) is 182 Å². The normalized spacial score (nSPS) is 15.5. The third kappa shape index (κ3) is 9.00. The molecule has 2 unspecified atom stereocenters. The summed E-state index contributed by atoms with van der Waals surface area (Å²) < 4.78 is 0. The molecule has 0 fully saturated rings. The molecule has 360 valence electrons. The molecule has 9 aromatic carbocycles. The second-order valence-electron chi connectivity index (χ2n) is 19.8. The van der Waals surface area contributed by atoms with Crippen molar-refractivity contribution in [2.45, 2.75) is 57.9 Å². The van der Waals surface area contributed by atoms with Crippen molar-refractivity contribution in [1.29, 1.82) is 0 Å². The van der Waals surface area contributed by atoms with E-state index in [0.717, 1.165) is 60.5 Å². The zero-order valence-corrected chi connectivity index (χ0v) is 42.4. The van der Waals surface area contributed by atoms with Crippen molar-refractivity contribution in [3.05, 3.63) is 294 Å². The third-order valence-electron chi connectivity index (χ3n) is 15.1. The molecule has 0 bridgehead atoms. The molecule has 3 nitrogen and oxygen atoms in total. The van der Waals surface area contributed by atoms with Crippen LogP contribution in [0.3, 0.4) is 0 Å². The summed E-state index contributed by atoms with van der Waals surface area (Å²) in [6.07, 6.45) is 28.2. The lowest BCUT2D eigenvalue weighted by Crippen LogP contribution is -2.30. The fourth-order valence-corrected chi connectivity index (χ4v) is 11.7. The lowest BCUT2D eigenvalue weighted by Gasteiger charge is -2.35. The van der Waals surface area contributed by atoms with Crippen molar-refractivity contribution >= 4 is 61.4 Å². The van der Waals surface area contributed by atoms with Gasteiger partial charge in [-0.25, -0.2) is 0 Å². The molecule has 0 N–H and O–H groups in total. The molecule has 0 spiro atoms. The number of benzene rings is 9. The largest absolute Gasteiger partial charge is 0.334 e. The first-order valence-corrected chi connectivity index (χ1v) is 26.5.